The number of aromatic nitrogens is 8. The zero-order valence-corrected chi connectivity index (χ0v) is 23.3. The number of rotatable bonds is 4. The average Bonchev–Trinajstić information content (AvgIpc) is 3.72. The second kappa shape index (κ2) is 18.2. The summed E-state index contributed by atoms with van der Waals surface area (Å²) < 4.78 is 0. The SMILES string of the molecule is [N-]=[N+]=[N-].[N-]=[N+]=[N-].[Ni+2].c1ccc(-c2nnc(-c3ccccn3)s2)nc1.c1ccc(-c2nnc(-c3ccccn3)s2)nc1. The van der Waals surface area contributed by atoms with Gasteiger partial charge in [0.2, 0.25) is 0 Å². The van der Waals surface area contributed by atoms with Crippen molar-refractivity contribution in [1.82, 2.24) is 40.3 Å². The topological polar surface area (TPSA) is 221 Å². The minimum Gasteiger partial charge on any atom is -0.373 e. The average molecular weight is 623 g/mol. The van der Waals surface area contributed by atoms with Crippen LogP contribution in [-0.2, 0) is 16.5 Å². The summed E-state index contributed by atoms with van der Waals surface area (Å²) >= 11 is 2.98. The van der Waals surface area contributed by atoms with Gasteiger partial charge < -0.3 is 22.1 Å². The van der Waals surface area contributed by atoms with E-state index in [2.05, 4.69) is 40.3 Å². The van der Waals surface area contributed by atoms with Crippen LogP contribution in [0, 0.1) is 0 Å². The molecule has 6 aromatic heterocycles. The minimum absolute atomic E-state index is 0. The maximum absolute atomic E-state index is 6.75. The van der Waals surface area contributed by atoms with Crippen LogP contribution in [0.25, 0.3) is 74.8 Å². The summed E-state index contributed by atoms with van der Waals surface area (Å²) in [6.07, 6.45) is 6.99. The van der Waals surface area contributed by atoms with Crippen molar-refractivity contribution in [3.8, 4) is 42.8 Å². The van der Waals surface area contributed by atoms with Crippen LogP contribution >= 0.6 is 22.7 Å². The van der Waals surface area contributed by atoms with E-state index in [9.17, 15) is 0 Å². The van der Waals surface area contributed by atoms with E-state index in [4.69, 9.17) is 22.1 Å². The molecule has 14 nitrogen and oxygen atoms in total. The van der Waals surface area contributed by atoms with Crippen LogP contribution in [0.1, 0.15) is 0 Å². The van der Waals surface area contributed by atoms with Gasteiger partial charge >= 0.3 is 16.5 Å². The normalized spacial score (nSPS) is 8.98. The van der Waals surface area contributed by atoms with Crippen molar-refractivity contribution >= 4 is 22.7 Å². The molecule has 0 saturated carbocycles. The molecule has 0 aliphatic rings. The van der Waals surface area contributed by atoms with Crippen molar-refractivity contribution in [2.24, 2.45) is 0 Å². The molecule has 0 unspecified atom stereocenters. The Morgan fingerprint density at radius 3 is 0.805 bits per heavy atom. The van der Waals surface area contributed by atoms with Crippen molar-refractivity contribution in [2.75, 3.05) is 0 Å². The molecule has 0 aliphatic carbocycles. The van der Waals surface area contributed by atoms with Gasteiger partial charge in [-0.1, -0.05) is 46.9 Å². The molecule has 0 aliphatic heterocycles. The molecule has 6 heterocycles. The molecule has 204 valence electrons. The van der Waals surface area contributed by atoms with E-state index in [1.165, 1.54) is 32.5 Å². The Hall–Kier alpha value is -5.17. The molecule has 0 aromatic carbocycles. The van der Waals surface area contributed by atoms with Gasteiger partial charge in [-0.15, -0.1) is 20.4 Å². The van der Waals surface area contributed by atoms with E-state index in [-0.39, 0.29) is 16.5 Å². The van der Waals surface area contributed by atoms with Gasteiger partial charge in [0.1, 0.15) is 22.8 Å². The zero-order valence-electron chi connectivity index (χ0n) is 20.6. The summed E-state index contributed by atoms with van der Waals surface area (Å²) in [5.74, 6) is 0. The molecule has 0 fully saturated rings. The molecule has 6 aromatic rings. The predicted octanol–water partition coefficient (Wildman–Crippen LogP) is 7.05. The third-order valence-corrected chi connectivity index (χ3v) is 6.32. The molecule has 41 heavy (non-hydrogen) atoms. The van der Waals surface area contributed by atoms with Crippen molar-refractivity contribution in [3.05, 3.63) is 130 Å². The van der Waals surface area contributed by atoms with Crippen LogP contribution < -0.4 is 0 Å². The Bertz CT molecular complexity index is 1400. The number of nitrogens with zero attached hydrogens (tertiary/aromatic N) is 14. The first-order valence-electron chi connectivity index (χ1n) is 11.0. The van der Waals surface area contributed by atoms with Crippen molar-refractivity contribution < 1.29 is 16.5 Å². The molecular formula is C24H16N14NiS2. The molecule has 0 amide bonds. The largest absolute Gasteiger partial charge is 2.00 e. The molecule has 0 N–H and O–H groups in total. The summed E-state index contributed by atoms with van der Waals surface area (Å²) in [6.45, 7) is 0. The number of hydrogen-bond donors (Lipinski definition) is 0. The zero-order chi connectivity index (χ0) is 28.4. The fraction of sp³-hybridized carbons (Fsp3) is 0. The van der Waals surface area contributed by atoms with Gasteiger partial charge in [0.15, 0.2) is 20.0 Å². The maximum atomic E-state index is 6.75. The summed E-state index contributed by atoms with van der Waals surface area (Å²) in [7, 11) is 0. The van der Waals surface area contributed by atoms with Crippen LogP contribution in [-0.4, -0.2) is 40.3 Å². The van der Waals surface area contributed by atoms with Crippen LogP contribution in [0.3, 0.4) is 0 Å². The molecule has 0 bridgehead atoms. The van der Waals surface area contributed by atoms with E-state index in [1.54, 1.807) is 24.8 Å². The number of pyridine rings is 4. The fourth-order valence-corrected chi connectivity index (χ4v) is 4.41. The van der Waals surface area contributed by atoms with Gasteiger partial charge in [0.25, 0.3) is 0 Å². The van der Waals surface area contributed by atoms with Gasteiger partial charge in [0.05, 0.1) is 0 Å². The van der Waals surface area contributed by atoms with Crippen LogP contribution in [0.4, 0.5) is 0 Å². The summed E-state index contributed by atoms with van der Waals surface area (Å²) in [4.78, 5) is 20.0. The first-order chi connectivity index (χ1) is 19.7. The molecule has 0 spiro atoms. The summed E-state index contributed by atoms with van der Waals surface area (Å²) in [5, 5.41) is 19.8. The Morgan fingerprint density at radius 2 is 0.634 bits per heavy atom. The Morgan fingerprint density at radius 1 is 0.415 bits per heavy atom. The first kappa shape index (κ1) is 32.0. The Kier molecular flexibility index (Phi) is 14.2. The fourth-order valence-electron chi connectivity index (χ4n) is 2.82. The second-order valence-electron chi connectivity index (χ2n) is 6.86. The van der Waals surface area contributed by atoms with Gasteiger partial charge in [-0.05, 0) is 48.5 Å². The van der Waals surface area contributed by atoms with E-state index >= 15 is 0 Å². The van der Waals surface area contributed by atoms with Crippen LogP contribution in [0.5, 0.6) is 0 Å². The monoisotopic (exact) mass is 622 g/mol. The van der Waals surface area contributed by atoms with Gasteiger partial charge in [-0.25, -0.2) is 0 Å². The smallest absolute Gasteiger partial charge is 0.373 e. The predicted molar refractivity (Wildman–Crippen MR) is 153 cm³/mol. The van der Waals surface area contributed by atoms with Crippen LogP contribution in [0.15, 0.2) is 97.6 Å². The van der Waals surface area contributed by atoms with Crippen LogP contribution in [0.2, 0.25) is 0 Å². The Labute approximate surface area is 251 Å². The summed E-state index contributed by atoms with van der Waals surface area (Å²) in [5.41, 5.74) is 30.4. The summed E-state index contributed by atoms with van der Waals surface area (Å²) in [6, 6.07) is 22.9. The first-order valence-corrected chi connectivity index (χ1v) is 12.6. The van der Waals surface area contributed by atoms with E-state index in [1.807, 2.05) is 72.8 Å². The van der Waals surface area contributed by atoms with E-state index < -0.39 is 0 Å². The minimum atomic E-state index is 0. The van der Waals surface area contributed by atoms with Crippen molar-refractivity contribution in [2.45, 2.75) is 0 Å². The maximum Gasteiger partial charge on any atom is 2.00 e. The van der Waals surface area contributed by atoms with Gasteiger partial charge in [-0.2, -0.15) is 0 Å². The van der Waals surface area contributed by atoms with Crippen molar-refractivity contribution in [3.63, 3.8) is 0 Å². The second-order valence-corrected chi connectivity index (χ2v) is 8.82. The molecular weight excluding hydrogens is 607 g/mol. The quantitative estimate of drug-likeness (QED) is 0.0854. The molecule has 0 saturated heterocycles. The Balaban J connectivity index is 0.000000236. The molecule has 0 atom stereocenters. The van der Waals surface area contributed by atoms with Gasteiger partial charge in [-0.3, -0.25) is 29.8 Å². The third-order valence-electron chi connectivity index (χ3n) is 4.39. The standard InChI is InChI=1S/2C12H8N4S.2N3.Ni/c2*1-3-7-13-9(5-1)11-15-16-12(17-11)10-6-2-4-8-14-10;2*1-3-2;/h2*1-8H;;;/q;;2*-1;+2. The van der Waals surface area contributed by atoms with E-state index in [0.29, 0.717) is 0 Å². The van der Waals surface area contributed by atoms with Crippen molar-refractivity contribution in [1.29, 1.82) is 0 Å². The van der Waals surface area contributed by atoms with E-state index in [0.717, 1.165) is 42.8 Å². The number of hydrogen-bond acceptors (Lipinski definition) is 10. The molecule has 0 radical (unpaired) electrons. The molecule has 6 rings (SSSR count). The molecule has 17 heteroatoms. The third kappa shape index (κ3) is 10.1. The van der Waals surface area contributed by atoms with Gasteiger partial charge in [0, 0.05) is 24.8 Å².